The van der Waals surface area contributed by atoms with E-state index in [-0.39, 0.29) is 0 Å². The zero-order chi connectivity index (χ0) is 10.8. The van der Waals surface area contributed by atoms with Crippen LogP contribution in [0.3, 0.4) is 0 Å². The first-order chi connectivity index (χ1) is 7.16. The Kier molecular flexibility index (Phi) is 3.45. The van der Waals surface area contributed by atoms with Crippen LogP contribution in [0.1, 0.15) is 31.0 Å². The fourth-order valence-electron chi connectivity index (χ4n) is 1.92. The summed E-state index contributed by atoms with van der Waals surface area (Å²) in [6, 6.07) is 4.28. The molecule has 1 fully saturated rings. The van der Waals surface area contributed by atoms with E-state index in [1.165, 1.54) is 24.1 Å². The van der Waals surface area contributed by atoms with E-state index in [2.05, 4.69) is 46.9 Å². The molecule has 1 heterocycles. The highest BCUT2D eigenvalue weighted by Gasteiger charge is 2.32. The van der Waals surface area contributed by atoms with Crippen LogP contribution in [0.2, 0.25) is 0 Å². The molecule has 0 aromatic carbocycles. The molecule has 0 bridgehead atoms. The van der Waals surface area contributed by atoms with Crippen LogP contribution in [0.15, 0.2) is 18.3 Å². The fraction of sp³-hybridized carbons (Fsp3) is 0.615. The molecular weight excluding hydrogens is 250 g/mol. The second-order valence-electron chi connectivity index (χ2n) is 4.74. The van der Waals surface area contributed by atoms with Crippen molar-refractivity contribution in [1.29, 1.82) is 0 Å². The zero-order valence-corrected chi connectivity index (χ0v) is 11.0. The van der Waals surface area contributed by atoms with E-state index in [1.54, 1.807) is 0 Å². The number of aryl methyl sites for hydroxylation is 1. The van der Waals surface area contributed by atoms with E-state index in [1.807, 2.05) is 6.20 Å². The molecule has 1 saturated carbocycles. The molecule has 1 aliphatic carbocycles. The van der Waals surface area contributed by atoms with Crippen LogP contribution in [0.5, 0.6) is 0 Å². The first kappa shape index (κ1) is 11.1. The lowest BCUT2D eigenvalue weighted by Gasteiger charge is -2.17. The molecule has 82 valence electrons. The van der Waals surface area contributed by atoms with Gasteiger partial charge in [-0.05, 0) is 43.2 Å². The van der Waals surface area contributed by atoms with Gasteiger partial charge in [-0.2, -0.15) is 0 Å². The van der Waals surface area contributed by atoms with Gasteiger partial charge >= 0.3 is 0 Å². The number of alkyl halides is 1. The molecule has 0 spiro atoms. The Balaban J connectivity index is 1.92. The first-order valence-electron chi connectivity index (χ1n) is 5.72. The van der Waals surface area contributed by atoms with E-state index in [0.717, 1.165) is 18.3 Å². The van der Waals surface area contributed by atoms with Gasteiger partial charge in [-0.25, -0.2) is 0 Å². The first-order valence-corrected chi connectivity index (χ1v) is 6.64. The van der Waals surface area contributed by atoms with Crippen LogP contribution in [0.25, 0.3) is 0 Å². The molecule has 1 aromatic heterocycles. The Morgan fingerprint density at radius 1 is 1.47 bits per heavy atom. The molecule has 1 aliphatic rings. The van der Waals surface area contributed by atoms with Gasteiger partial charge in [0.15, 0.2) is 0 Å². The van der Waals surface area contributed by atoms with Crippen molar-refractivity contribution < 1.29 is 0 Å². The zero-order valence-electron chi connectivity index (χ0n) is 9.41. The Labute approximate surface area is 100 Å². The maximum Gasteiger partial charge on any atom is 0.0415 e. The maximum atomic E-state index is 4.45. The van der Waals surface area contributed by atoms with Crippen LogP contribution in [0.4, 0.5) is 0 Å². The molecule has 0 N–H and O–H groups in total. The number of halogens is 1. The Hall–Kier alpha value is -0.370. The summed E-state index contributed by atoms with van der Waals surface area (Å²) < 4.78 is 0. The van der Waals surface area contributed by atoms with Crippen LogP contribution < -0.4 is 0 Å². The van der Waals surface area contributed by atoms with Gasteiger partial charge in [-0.1, -0.05) is 28.9 Å². The number of hydrogen-bond donors (Lipinski definition) is 0. The summed E-state index contributed by atoms with van der Waals surface area (Å²) in [6.45, 7) is 4.43. The third kappa shape index (κ3) is 3.04. The molecule has 1 nitrogen and oxygen atoms in total. The highest BCUT2D eigenvalue weighted by molar-refractivity contribution is 9.09. The average molecular weight is 268 g/mol. The number of rotatable bonds is 4. The molecule has 0 aliphatic heterocycles. The molecular formula is C13H18BrN. The van der Waals surface area contributed by atoms with Crippen LogP contribution in [-0.2, 0) is 6.42 Å². The quantitative estimate of drug-likeness (QED) is 0.758. The summed E-state index contributed by atoms with van der Waals surface area (Å²) in [7, 11) is 0. The fourth-order valence-corrected chi connectivity index (χ4v) is 2.69. The predicted molar refractivity (Wildman–Crippen MR) is 67.3 cm³/mol. The molecule has 2 atom stereocenters. The molecule has 1 aromatic rings. The summed E-state index contributed by atoms with van der Waals surface area (Å²) in [6.07, 6.45) is 5.85. The second-order valence-corrected chi connectivity index (χ2v) is 5.92. The van der Waals surface area contributed by atoms with Gasteiger partial charge in [-0.15, -0.1) is 0 Å². The topological polar surface area (TPSA) is 12.9 Å². The lowest BCUT2D eigenvalue weighted by Crippen LogP contribution is -2.16. The van der Waals surface area contributed by atoms with E-state index >= 15 is 0 Å². The molecule has 2 heteroatoms. The number of hydrogen-bond acceptors (Lipinski definition) is 1. The van der Waals surface area contributed by atoms with Crippen molar-refractivity contribution in [2.75, 3.05) is 0 Å². The van der Waals surface area contributed by atoms with E-state index in [9.17, 15) is 0 Å². The van der Waals surface area contributed by atoms with Crippen molar-refractivity contribution in [3.8, 4) is 0 Å². The van der Waals surface area contributed by atoms with Crippen molar-refractivity contribution in [3.05, 3.63) is 29.6 Å². The van der Waals surface area contributed by atoms with Gasteiger partial charge in [-0.3, -0.25) is 4.98 Å². The lowest BCUT2D eigenvalue weighted by molar-refractivity contribution is 0.487. The Morgan fingerprint density at radius 2 is 2.20 bits per heavy atom. The number of aromatic nitrogens is 1. The van der Waals surface area contributed by atoms with Crippen molar-refractivity contribution in [1.82, 2.24) is 4.98 Å². The smallest absolute Gasteiger partial charge is 0.0415 e. The third-order valence-electron chi connectivity index (χ3n) is 3.31. The largest absolute Gasteiger partial charge is 0.261 e. The van der Waals surface area contributed by atoms with Crippen LogP contribution >= 0.6 is 15.9 Å². The highest BCUT2D eigenvalue weighted by Crippen LogP contribution is 2.40. The standard InChI is InChI=1S/C13H18BrN/c1-9-3-6-12(15-8-9)7-13(14)10(2)11-4-5-11/h3,6,8,10-11,13H,4-5,7H2,1-2H3. The summed E-state index contributed by atoms with van der Waals surface area (Å²) >= 11 is 3.80. The molecule has 0 saturated heterocycles. The van der Waals surface area contributed by atoms with Crippen molar-refractivity contribution in [2.24, 2.45) is 11.8 Å². The number of pyridine rings is 1. The Morgan fingerprint density at radius 3 is 2.73 bits per heavy atom. The number of nitrogens with zero attached hydrogens (tertiary/aromatic N) is 1. The lowest BCUT2D eigenvalue weighted by atomic mass is 9.98. The molecule has 0 radical (unpaired) electrons. The highest BCUT2D eigenvalue weighted by atomic mass is 79.9. The summed E-state index contributed by atoms with van der Waals surface area (Å²) in [4.78, 5) is 5.03. The van der Waals surface area contributed by atoms with Gasteiger partial charge in [0.1, 0.15) is 0 Å². The average Bonchev–Trinajstić information content (AvgIpc) is 3.04. The maximum absolute atomic E-state index is 4.45. The molecule has 2 rings (SSSR count). The molecule has 15 heavy (non-hydrogen) atoms. The van der Waals surface area contributed by atoms with Crippen molar-refractivity contribution in [2.45, 2.75) is 37.9 Å². The van der Waals surface area contributed by atoms with Crippen LogP contribution in [-0.4, -0.2) is 9.81 Å². The SMILES string of the molecule is Cc1ccc(CC(Br)C(C)C2CC2)nc1. The molecule has 0 amide bonds. The summed E-state index contributed by atoms with van der Waals surface area (Å²) in [5, 5.41) is 0. The van der Waals surface area contributed by atoms with Crippen molar-refractivity contribution >= 4 is 15.9 Å². The minimum atomic E-state index is 0.584. The minimum absolute atomic E-state index is 0.584. The van der Waals surface area contributed by atoms with Gasteiger partial charge in [0, 0.05) is 23.1 Å². The second kappa shape index (κ2) is 4.65. The normalized spacial score (nSPS) is 19.9. The van der Waals surface area contributed by atoms with E-state index in [0.29, 0.717) is 4.83 Å². The van der Waals surface area contributed by atoms with Crippen LogP contribution in [0, 0.1) is 18.8 Å². The van der Waals surface area contributed by atoms with Gasteiger partial charge in [0.05, 0.1) is 0 Å². The van der Waals surface area contributed by atoms with Gasteiger partial charge in [0.2, 0.25) is 0 Å². The van der Waals surface area contributed by atoms with Gasteiger partial charge < -0.3 is 0 Å². The van der Waals surface area contributed by atoms with Gasteiger partial charge in [0.25, 0.3) is 0 Å². The predicted octanol–water partition coefficient (Wildman–Crippen LogP) is 3.74. The summed E-state index contributed by atoms with van der Waals surface area (Å²) in [5.41, 5.74) is 2.44. The van der Waals surface area contributed by atoms with E-state index in [4.69, 9.17) is 0 Å². The molecule has 2 unspecified atom stereocenters. The minimum Gasteiger partial charge on any atom is -0.261 e. The Bertz CT molecular complexity index is 316. The van der Waals surface area contributed by atoms with E-state index < -0.39 is 0 Å². The third-order valence-corrected chi connectivity index (χ3v) is 4.47. The summed E-state index contributed by atoms with van der Waals surface area (Å²) in [5.74, 6) is 1.74. The van der Waals surface area contributed by atoms with Crippen molar-refractivity contribution in [3.63, 3.8) is 0 Å². The monoisotopic (exact) mass is 267 g/mol.